The Morgan fingerprint density at radius 2 is 1.04 bits per heavy atom. The van der Waals surface area contributed by atoms with Gasteiger partial charge in [0.2, 0.25) is 0 Å². The second kappa shape index (κ2) is 11.3. The minimum absolute atomic E-state index is 0.0648. The standard InChI is InChI=1S/C52H37N/c1-52(2)47-23-12-11-21-40(47)44-31-46-45-30-36(25-27-49(45)53(50(46)32-48(44)52)38-18-7-4-8-19-38)35-24-26-42-43(29-35)39-20-9-10-22-41(39)51(42)37-17-13-16-34(28-37)33-14-5-3-6-15-33/h3-32,51H,1-2H3. The van der Waals surface area contributed by atoms with Gasteiger partial charge in [0, 0.05) is 27.8 Å². The Morgan fingerprint density at radius 1 is 0.396 bits per heavy atom. The molecule has 1 atom stereocenters. The van der Waals surface area contributed by atoms with Crippen molar-refractivity contribution < 1.29 is 0 Å². The lowest BCUT2D eigenvalue weighted by Crippen LogP contribution is -2.14. The third kappa shape index (κ3) is 4.44. The van der Waals surface area contributed by atoms with Gasteiger partial charge in [-0.15, -0.1) is 0 Å². The molecule has 53 heavy (non-hydrogen) atoms. The van der Waals surface area contributed by atoms with Crippen LogP contribution in [0.4, 0.5) is 0 Å². The average molecular weight is 676 g/mol. The van der Waals surface area contributed by atoms with Crippen molar-refractivity contribution in [1.82, 2.24) is 4.57 Å². The molecule has 0 N–H and O–H groups in total. The normalized spacial score (nSPS) is 14.9. The third-order valence-corrected chi connectivity index (χ3v) is 12.1. The fraction of sp³-hybridized carbons (Fsp3) is 0.0769. The molecule has 9 aromatic rings. The Morgan fingerprint density at radius 3 is 1.89 bits per heavy atom. The summed E-state index contributed by atoms with van der Waals surface area (Å²) in [5.74, 6) is 0.194. The molecule has 1 unspecified atom stereocenters. The van der Waals surface area contributed by atoms with E-state index in [0.29, 0.717) is 0 Å². The van der Waals surface area contributed by atoms with Gasteiger partial charge < -0.3 is 4.57 Å². The molecule has 0 saturated carbocycles. The van der Waals surface area contributed by atoms with Crippen LogP contribution in [0.3, 0.4) is 0 Å². The van der Waals surface area contributed by atoms with Crippen LogP contribution < -0.4 is 0 Å². The zero-order valence-electron chi connectivity index (χ0n) is 29.8. The summed E-state index contributed by atoms with van der Waals surface area (Å²) in [5, 5.41) is 2.57. The van der Waals surface area contributed by atoms with E-state index in [9.17, 15) is 0 Å². The number of hydrogen-bond acceptors (Lipinski definition) is 0. The largest absolute Gasteiger partial charge is 0.309 e. The first-order valence-electron chi connectivity index (χ1n) is 18.7. The highest BCUT2D eigenvalue weighted by Crippen LogP contribution is 2.52. The number of fused-ring (bicyclic) bond motifs is 9. The van der Waals surface area contributed by atoms with Crippen LogP contribution in [0, 0.1) is 0 Å². The van der Waals surface area contributed by atoms with E-state index < -0.39 is 0 Å². The van der Waals surface area contributed by atoms with E-state index in [2.05, 4.69) is 200 Å². The molecule has 0 fully saturated rings. The van der Waals surface area contributed by atoms with Gasteiger partial charge in [-0.05, 0) is 115 Å². The molecule has 11 rings (SSSR count). The molecular formula is C52H37N. The lowest BCUT2D eigenvalue weighted by molar-refractivity contribution is 0.661. The van der Waals surface area contributed by atoms with Crippen LogP contribution in [0.1, 0.15) is 47.6 Å². The quantitative estimate of drug-likeness (QED) is 0.175. The molecule has 2 aliphatic carbocycles. The lowest BCUT2D eigenvalue weighted by Gasteiger charge is -2.21. The van der Waals surface area contributed by atoms with Gasteiger partial charge in [0.25, 0.3) is 0 Å². The van der Waals surface area contributed by atoms with E-state index in [1.807, 2.05) is 0 Å². The molecule has 250 valence electrons. The monoisotopic (exact) mass is 675 g/mol. The molecule has 1 aromatic heterocycles. The molecule has 2 aliphatic rings. The van der Waals surface area contributed by atoms with Crippen LogP contribution in [0.15, 0.2) is 182 Å². The number of nitrogens with zero attached hydrogens (tertiary/aromatic N) is 1. The van der Waals surface area contributed by atoms with Crippen LogP contribution in [0.25, 0.3) is 72.0 Å². The summed E-state index contributed by atoms with van der Waals surface area (Å²) >= 11 is 0. The second-order valence-corrected chi connectivity index (χ2v) is 15.3. The Bertz CT molecular complexity index is 2910. The molecule has 1 nitrogen and oxygen atoms in total. The van der Waals surface area contributed by atoms with Crippen molar-refractivity contribution in [3.05, 3.63) is 210 Å². The molecular weight excluding hydrogens is 639 g/mol. The average Bonchev–Trinajstić information content (AvgIpc) is 3.80. The minimum atomic E-state index is -0.0648. The molecule has 0 amide bonds. The maximum absolute atomic E-state index is 2.47. The number of para-hydroxylation sites is 1. The van der Waals surface area contributed by atoms with E-state index in [4.69, 9.17) is 0 Å². The smallest absolute Gasteiger partial charge is 0.0544 e. The van der Waals surface area contributed by atoms with E-state index in [1.165, 1.54) is 99.8 Å². The summed E-state index contributed by atoms with van der Waals surface area (Å²) in [6.07, 6.45) is 0. The minimum Gasteiger partial charge on any atom is -0.309 e. The van der Waals surface area contributed by atoms with Crippen LogP contribution in [-0.2, 0) is 5.41 Å². The van der Waals surface area contributed by atoms with Gasteiger partial charge in [0.05, 0.1) is 11.0 Å². The topological polar surface area (TPSA) is 4.93 Å². The van der Waals surface area contributed by atoms with Crippen LogP contribution >= 0.6 is 0 Å². The highest BCUT2D eigenvalue weighted by Gasteiger charge is 2.36. The van der Waals surface area contributed by atoms with Crippen molar-refractivity contribution in [2.75, 3.05) is 0 Å². The van der Waals surface area contributed by atoms with E-state index in [0.717, 1.165) is 0 Å². The van der Waals surface area contributed by atoms with E-state index >= 15 is 0 Å². The van der Waals surface area contributed by atoms with Crippen molar-refractivity contribution in [3.8, 4) is 50.2 Å². The van der Waals surface area contributed by atoms with Gasteiger partial charge in [0.1, 0.15) is 0 Å². The lowest BCUT2D eigenvalue weighted by atomic mass is 9.82. The van der Waals surface area contributed by atoms with Gasteiger partial charge in [-0.3, -0.25) is 0 Å². The van der Waals surface area contributed by atoms with Crippen molar-refractivity contribution in [3.63, 3.8) is 0 Å². The maximum atomic E-state index is 2.47. The highest BCUT2D eigenvalue weighted by molar-refractivity contribution is 6.12. The van der Waals surface area contributed by atoms with Crippen molar-refractivity contribution >= 4 is 21.8 Å². The molecule has 0 aliphatic heterocycles. The fourth-order valence-electron chi connectivity index (χ4n) is 9.52. The summed E-state index contributed by atoms with van der Waals surface area (Å²) in [7, 11) is 0. The van der Waals surface area contributed by atoms with Gasteiger partial charge in [0.15, 0.2) is 0 Å². The highest BCUT2D eigenvalue weighted by atomic mass is 15.0. The molecule has 0 radical (unpaired) electrons. The Kier molecular flexibility index (Phi) is 6.43. The molecule has 0 saturated heterocycles. The number of rotatable bonds is 4. The summed E-state index contributed by atoms with van der Waals surface area (Å²) in [6, 6.07) is 67.8. The number of hydrogen-bond donors (Lipinski definition) is 0. The summed E-state index contributed by atoms with van der Waals surface area (Å²) in [5.41, 5.74) is 20.8. The van der Waals surface area contributed by atoms with Gasteiger partial charge in [-0.1, -0.05) is 153 Å². The SMILES string of the molecule is CC1(C)c2ccccc2-c2cc3c4cc(-c5ccc6c(c5)-c5ccccc5C6c5cccc(-c6ccccc6)c5)ccc4n(-c4ccccc4)c3cc21. The molecule has 1 heterocycles. The van der Waals surface area contributed by atoms with Gasteiger partial charge in [-0.25, -0.2) is 0 Å². The first kappa shape index (κ1) is 30.2. The summed E-state index contributed by atoms with van der Waals surface area (Å²) in [4.78, 5) is 0. The van der Waals surface area contributed by atoms with Crippen LogP contribution in [0.5, 0.6) is 0 Å². The molecule has 0 bridgehead atoms. The Hall–Kier alpha value is -6.44. The van der Waals surface area contributed by atoms with Crippen molar-refractivity contribution in [2.24, 2.45) is 0 Å². The maximum Gasteiger partial charge on any atom is 0.0544 e. The molecule has 8 aromatic carbocycles. The number of aromatic nitrogens is 1. The first-order valence-corrected chi connectivity index (χ1v) is 18.7. The predicted octanol–water partition coefficient (Wildman–Crippen LogP) is 13.6. The summed E-state index contributed by atoms with van der Waals surface area (Å²) in [6.45, 7) is 4.74. The predicted molar refractivity (Wildman–Crippen MR) is 222 cm³/mol. The molecule has 1 heteroatoms. The van der Waals surface area contributed by atoms with Crippen molar-refractivity contribution in [1.29, 1.82) is 0 Å². The fourth-order valence-corrected chi connectivity index (χ4v) is 9.52. The molecule has 0 spiro atoms. The number of benzene rings is 8. The summed E-state index contributed by atoms with van der Waals surface area (Å²) < 4.78 is 2.46. The van der Waals surface area contributed by atoms with E-state index in [1.54, 1.807) is 0 Å². The van der Waals surface area contributed by atoms with Crippen molar-refractivity contribution in [2.45, 2.75) is 25.2 Å². The van der Waals surface area contributed by atoms with Crippen LogP contribution in [0.2, 0.25) is 0 Å². The van der Waals surface area contributed by atoms with E-state index in [-0.39, 0.29) is 11.3 Å². The third-order valence-electron chi connectivity index (χ3n) is 12.1. The van der Waals surface area contributed by atoms with Crippen LogP contribution in [-0.4, -0.2) is 4.57 Å². The zero-order valence-corrected chi connectivity index (χ0v) is 29.8. The van der Waals surface area contributed by atoms with Gasteiger partial charge >= 0.3 is 0 Å². The second-order valence-electron chi connectivity index (χ2n) is 15.3. The Balaban J connectivity index is 1.09. The van der Waals surface area contributed by atoms with Gasteiger partial charge in [-0.2, -0.15) is 0 Å². The first-order chi connectivity index (χ1) is 26.0. The zero-order chi connectivity index (χ0) is 35.3. The Labute approximate surface area is 310 Å².